The van der Waals surface area contributed by atoms with Crippen LogP contribution in [0.15, 0.2) is 18.2 Å². The van der Waals surface area contributed by atoms with Crippen LogP contribution in [0.3, 0.4) is 0 Å². The number of carbonyl (C=O) groups excluding carboxylic acids is 1. The molecule has 1 aromatic rings. The van der Waals surface area contributed by atoms with Crippen molar-refractivity contribution in [3.63, 3.8) is 0 Å². The molecule has 0 bridgehead atoms. The molecule has 0 N–H and O–H groups in total. The smallest absolute Gasteiger partial charge is 0.229 e. The van der Waals surface area contributed by atoms with Crippen LogP contribution in [-0.4, -0.2) is 30.5 Å². The average molecular weight is 308 g/mol. The van der Waals surface area contributed by atoms with Gasteiger partial charge in [0, 0.05) is 18.1 Å². The van der Waals surface area contributed by atoms with Crippen molar-refractivity contribution in [2.24, 2.45) is 11.3 Å². The topological polar surface area (TPSA) is 29.5 Å². The van der Waals surface area contributed by atoms with Gasteiger partial charge in [0.1, 0.15) is 12.4 Å². The molecule has 1 aromatic carbocycles. The summed E-state index contributed by atoms with van der Waals surface area (Å²) >= 11 is 6.03. The van der Waals surface area contributed by atoms with Crippen molar-refractivity contribution in [3.05, 3.63) is 28.8 Å². The van der Waals surface area contributed by atoms with Gasteiger partial charge in [-0.2, -0.15) is 0 Å². The van der Waals surface area contributed by atoms with Crippen molar-refractivity contribution in [2.75, 3.05) is 13.7 Å². The number of nitrogens with zero attached hydrogens (tertiary/aromatic N) is 1. The Labute approximate surface area is 131 Å². The number of carbonyl (C=O) groups is 1. The van der Waals surface area contributed by atoms with Crippen LogP contribution in [0.5, 0.6) is 5.75 Å². The van der Waals surface area contributed by atoms with Gasteiger partial charge in [-0.15, -0.1) is 0 Å². The van der Waals surface area contributed by atoms with Gasteiger partial charge in [-0.3, -0.25) is 4.79 Å². The number of benzene rings is 1. The lowest BCUT2D eigenvalue weighted by Crippen LogP contribution is -2.52. The van der Waals surface area contributed by atoms with Crippen LogP contribution in [0.4, 0.5) is 0 Å². The standard InChI is InChI=1S/C17H22ClNO2/c1-17(2)8-14(9-17)19(3)16(20)12-6-11-7-13(18)4-5-15(11)21-10-12/h4-5,7,12,14H,6,8-10H2,1-3H3. The summed E-state index contributed by atoms with van der Waals surface area (Å²) in [4.78, 5) is 14.6. The second-order valence-corrected chi connectivity index (χ2v) is 7.58. The maximum Gasteiger partial charge on any atom is 0.229 e. The van der Waals surface area contributed by atoms with Gasteiger partial charge >= 0.3 is 0 Å². The third kappa shape index (κ3) is 2.89. The lowest BCUT2D eigenvalue weighted by Gasteiger charge is -2.47. The van der Waals surface area contributed by atoms with Crippen molar-refractivity contribution in [2.45, 2.75) is 39.2 Å². The zero-order valence-corrected chi connectivity index (χ0v) is 13.6. The van der Waals surface area contributed by atoms with E-state index in [-0.39, 0.29) is 11.8 Å². The summed E-state index contributed by atoms with van der Waals surface area (Å²) in [6, 6.07) is 6.00. The molecule has 1 aliphatic heterocycles. The van der Waals surface area contributed by atoms with Gasteiger partial charge in [-0.25, -0.2) is 0 Å². The molecule has 1 aliphatic carbocycles. The lowest BCUT2D eigenvalue weighted by atomic mass is 9.68. The van der Waals surface area contributed by atoms with E-state index in [4.69, 9.17) is 16.3 Å². The SMILES string of the molecule is CN(C(=O)C1COc2ccc(Cl)cc2C1)C1CC(C)(C)C1. The molecule has 0 aromatic heterocycles. The zero-order valence-electron chi connectivity index (χ0n) is 12.9. The molecule has 1 fully saturated rings. The molecule has 1 unspecified atom stereocenters. The Bertz CT molecular complexity index is 562. The number of halogens is 1. The summed E-state index contributed by atoms with van der Waals surface area (Å²) < 4.78 is 5.73. The zero-order chi connectivity index (χ0) is 15.2. The average Bonchev–Trinajstić information content (AvgIpc) is 2.42. The van der Waals surface area contributed by atoms with Gasteiger partial charge in [0.25, 0.3) is 0 Å². The van der Waals surface area contributed by atoms with Gasteiger partial charge in [0.05, 0.1) is 5.92 Å². The molecule has 2 aliphatic rings. The first kappa shape index (κ1) is 14.7. The van der Waals surface area contributed by atoms with Gasteiger partial charge in [-0.05, 0) is 48.4 Å². The maximum atomic E-state index is 12.7. The molecule has 3 rings (SSSR count). The van der Waals surface area contributed by atoms with E-state index in [2.05, 4.69) is 13.8 Å². The van der Waals surface area contributed by atoms with E-state index in [1.165, 1.54) is 0 Å². The Kier molecular flexibility index (Phi) is 3.64. The molecule has 4 heteroatoms. The molecule has 0 radical (unpaired) electrons. The number of rotatable bonds is 2. The minimum atomic E-state index is -0.0929. The molecule has 1 saturated carbocycles. The van der Waals surface area contributed by atoms with Gasteiger partial charge < -0.3 is 9.64 Å². The van der Waals surface area contributed by atoms with Gasteiger partial charge in [0.15, 0.2) is 0 Å². The van der Waals surface area contributed by atoms with Gasteiger partial charge in [-0.1, -0.05) is 25.4 Å². The molecule has 0 saturated heterocycles. The molecular formula is C17H22ClNO2. The predicted molar refractivity (Wildman–Crippen MR) is 83.7 cm³/mol. The lowest BCUT2D eigenvalue weighted by molar-refractivity contribution is -0.141. The maximum absolute atomic E-state index is 12.7. The number of ether oxygens (including phenoxy) is 1. The highest BCUT2D eigenvalue weighted by atomic mass is 35.5. The van der Waals surface area contributed by atoms with Crippen LogP contribution in [0, 0.1) is 11.3 Å². The summed E-state index contributed by atoms with van der Waals surface area (Å²) in [5.74, 6) is 0.960. The van der Waals surface area contributed by atoms with Crippen LogP contribution >= 0.6 is 11.6 Å². The van der Waals surface area contributed by atoms with E-state index in [1.807, 2.05) is 30.1 Å². The van der Waals surface area contributed by atoms with Crippen molar-refractivity contribution in [1.82, 2.24) is 4.90 Å². The highest BCUT2D eigenvalue weighted by Crippen LogP contribution is 2.43. The quantitative estimate of drug-likeness (QED) is 0.836. The fourth-order valence-electron chi connectivity index (χ4n) is 3.48. The third-order valence-electron chi connectivity index (χ3n) is 4.75. The second-order valence-electron chi connectivity index (χ2n) is 7.14. The number of fused-ring (bicyclic) bond motifs is 1. The van der Waals surface area contributed by atoms with E-state index in [0.29, 0.717) is 23.1 Å². The third-order valence-corrected chi connectivity index (χ3v) is 4.98. The first-order chi connectivity index (χ1) is 9.85. The molecule has 1 amide bonds. The highest BCUT2D eigenvalue weighted by molar-refractivity contribution is 6.30. The summed E-state index contributed by atoms with van der Waals surface area (Å²) in [7, 11) is 1.93. The van der Waals surface area contributed by atoms with Crippen LogP contribution in [0.2, 0.25) is 5.02 Å². The molecule has 1 heterocycles. The normalized spacial score (nSPS) is 23.7. The second kappa shape index (κ2) is 5.20. The summed E-state index contributed by atoms with van der Waals surface area (Å²) in [5.41, 5.74) is 1.41. The van der Waals surface area contributed by atoms with E-state index in [9.17, 15) is 4.79 Å². The van der Waals surface area contributed by atoms with Crippen molar-refractivity contribution < 1.29 is 9.53 Å². The monoisotopic (exact) mass is 307 g/mol. The largest absolute Gasteiger partial charge is 0.492 e. The Hall–Kier alpha value is -1.22. The Balaban J connectivity index is 1.67. The summed E-state index contributed by atoms with van der Waals surface area (Å²) in [6.45, 7) is 4.97. The van der Waals surface area contributed by atoms with E-state index in [0.717, 1.165) is 30.6 Å². The Morgan fingerprint density at radius 2 is 2.10 bits per heavy atom. The van der Waals surface area contributed by atoms with Crippen molar-refractivity contribution in [1.29, 1.82) is 0 Å². The number of hydrogen-bond donors (Lipinski definition) is 0. The molecule has 21 heavy (non-hydrogen) atoms. The van der Waals surface area contributed by atoms with Crippen molar-refractivity contribution >= 4 is 17.5 Å². The first-order valence-electron chi connectivity index (χ1n) is 7.54. The van der Waals surface area contributed by atoms with E-state index < -0.39 is 0 Å². The minimum absolute atomic E-state index is 0.0929. The Morgan fingerprint density at radius 3 is 2.76 bits per heavy atom. The van der Waals surface area contributed by atoms with Crippen LogP contribution in [0.25, 0.3) is 0 Å². The Morgan fingerprint density at radius 1 is 1.38 bits per heavy atom. The molecule has 114 valence electrons. The number of amides is 1. The van der Waals surface area contributed by atoms with Crippen LogP contribution < -0.4 is 4.74 Å². The fraction of sp³-hybridized carbons (Fsp3) is 0.588. The van der Waals surface area contributed by atoms with Crippen LogP contribution in [-0.2, 0) is 11.2 Å². The van der Waals surface area contributed by atoms with E-state index in [1.54, 1.807) is 0 Å². The fourth-order valence-corrected chi connectivity index (χ4v) is 3.67. The first-order valence-corrected chi connectivity index (χ1v) is 7.91. The summed E-state index contributed by atoms with van der Waals surface area (Å²) in [5, 5.41) is 0.694. The molecule has 0 spiro atoms. The molecule has 1 atom stereocenters. The molecular weight excluding hydrogens is 286 g/mol. The van der Waals surface area contributed by atoms with Gasteiger partial charge in [0.2, 0.25) is 5.91 Å². The van der Waals surface area contributed by atoms with E-state index >= 15 is 0 Å². The van der Waals surface area contributed by atoms with Crippen LogP contribution in [0.1, 0.15) is 32.3 Å². The van der Waals surface area contributed by atoms with Crippen molar-refractivity contribution in [3.8, 4) is 5.75 Å². The molecule has 3 nitrogen and oxygen atoms in total. The minimum Gasteiger partial charge on any atom is -0.492 e. The number of hydrogen-bond acceptors (Lipinski definition) is 2. The highest BCUT2D eigenvalue weighted by Gasteiger charge is 2.41. The summed E-state index contributed by atoms with van der Waals surface area (Å²) in [6.07, 6.45) is 2.89. The predicted octanol–water partition coefficient (Wildman–Crippen LogP) is 3.54.